The van der Waals surface area contributed by atoms with Crippen LogP contribution in [-0.2, 0) is 17.6 Å². The predicted octanol–water partition coefficient (Wildman–Crippen LogP) is 2.76. The number of amides is 1. The van der Waals surface area contributed by atoms with Gasteiger partial charge in [-0.25, -0.2) is 4.68 Å². The Hall–Kier alpha value is -3.16. The third-order valence-corrected chi connectivity index (χ3v) is 5.60. The predicted molar refractivity (Wildman–Crippen MR) is 114 cm³/mol. The molecule has 0 radical (unpaired) electrons. The third-order valence-electron chi connectivity index (χ3n) is 5.60. The molecular formula is C22H28N6O2. The SMILES string of the molecule is Cc1nn(-c2ccc(N3CCCC3)nn2)c(C)c1CCC(=O)NCCc1ccco1. The zero-order valence-electron chi connectivity index (χ0n) is 17.6. The van der Waals surface area contributed by atoms with Gasteiger partial charge >= 0.3 is 0 Å². The van der Waals surface area contributed by atoms with E-state index in [4.69, 9.17) is 4.42 Å². The van der Waals surface area contributed by atoms with Crippen molar-refractivity contribution in [1.29, 1.82) is 0 Å². The summed E-state index contributed by atoms with van der Waals surface area (Å²) in [7, 11) is 0. The Morgan fingerprint density at radius 1 is 1.10 bits per heavy atom. The molecule has 0 aliphatic carbocycles. The summed E-state index contributed by atoms with van der Waals surface area (Å²) in [5.41, 5.74) is 3.00. The van der Waals surface area contributed by atoms with Crippen LogP contribution in [0.25, 0.3) is 5.82 Å². The van der Waals surface area contributed by atoms with Gasteiger partial charge in [0.25, 0.3) is 0 Å². The molecule has 4 rings (SSSR count). The molecule has 4 heterocycles. The van der Waals surface area contributed by atoms with Gasteiger partial charge in [-0.3, -0.25) is 4.79 Å². The number of anilines is 1. The minimum Gasteiger partial charge on any atom is -0.469 e. The van der Waals surface area contributed by atoms with Crippen molar-refractivity contribution in [2.24, 2.45) is 0 Å². The molecule has 0 atom stereocenters. The molecule has 3 aromatic heterocycles. The van der Waals surface area contributed by atoms with Crippen molar-refractivity contribution in [2.45, 2.75) is 46.0 Å². The van der Waals surface area contributed by atoms with Crippen LogP contribution in [0.4, 0.5) is 5.82 Å². The van der Waals surface area contributed by atoms with Gasteiger partial charge in [-0.05, 0) is 62.9 Å². The van der Waals surface area contributed by atoms with E-state index < -0.39 is 0 Å². The zero-order valence-corrected chi connectivity index (χ0v) is 17.6. The normalized spacial score (nSPS) is 13.7. The van der Waals surface area contributed by atoms with Crippen LogP contribution < -0.4 is 10.2 Å². The first-order valence-corrected chi connectivity index (χ1v) is 10.5. The van der Waals surface area contributed by atoms with Crippen molar-refractivity contribution in [3.05, 3.63) is 53.2 Å². The molecule has 1 fully saturated rings. The summed E-state index contributed by atoms with van der Waals surface area (Å²) < 4.78 is 7.10. The van der Waals surface area contributed by atoms with Gasteiger partial charge in [-0.2, -0.15) is 5.10 Å². The van der Waals surface area contributed by atoms with E-state index in [-0.39, 0.29) is 5.91 Å². The van der Waals surface area contributed by atoms with Gasteiger partial charge in [0.05, 0.1) is 12.0 Å². The fourth-order valence-electron chi connectivity index (χ4n) is 3.91. The number of nitrogens with one attached hydrogen (secondary N) is 1. The first-order valence-electron chi connectivity index (χ1n) is 10.5. The Morgan fingerprint density at radius 3 is 2.57 bits per heavy atom. The number of aryl methyl sites for hydroxylation is 1. The molecule has 0 spiro atoms. The molecule has 8 heteroatoms. The van der Waals surface area contributed by atoms with E-state index >= 15 is 0 Å². The van der Waals surface area contributed by atoms with Crippen LogP contribution in [0.5, 0.6) is 0 Å². The number of rotatable bonds is 8. The van der Waals surface area contributed by atoms with Crippen molar-refractivity contribution < 1.29 is 9.21 Å². The highest BCUT2D eigenvalue weighted by atomic mass is 16.3. The summed E-state index contributed by atoms with van der Waals surface area (Å²) in [4.78, 5) is 14.5. The van der Waals surface area contributed by atoms with Gasteiger partial charge in [0.1, 0.15) is 5.76 Å². The summed E-state index contributed by atoms with van der Waals surface area (Å²) in [5, 5.41) is 16.4. The Labute approximate surface area is 176 Å². The highest BCUT2D eigenvalue weighted by molar-refractivity contribution is 5.76. The zero-order chi connectivity index (χ0) is 20.9. The molecule has 0 saturated carbocycles. The average Bonchev–Trinajstić information content (AvgIpc) is 3.50. The van der Waals surface area contributed by atoms with Gasteiger partial charge in [-0.1, -0.05) is 0 Å². The summed E-state index contributed by atoms with van der Waals surface area (Å²) in [5.74, 6) is 2.53. The molecule has 1 saturated heterocycles. The lowest BCUT2D eigenvalue weighted by Gasteiger charge is -2.15. The summed E-state index contributed by atoms with van der Waals surface area (Å²) in [6.07, 6.45) is 5.82. The summed E-state index contributed by atoms with van der Waals surface area (Å²) in [6, 6.07) is 7.74. The van der Waals surface area contributed by atoms with Crippen molar-refractivity contribution in [3.63, 3.8) is 0 Å². The second-order valence-corrected chi connectivity index (χ2v) is 7.68. The maximum absolute atomic E-state index is 12.2. The first-order chi connectivity index (χ1) is 14.6. The number of carbonyl (C=O) groups is 1. The van der Waals surface area contributed by atoms with Gasteiger partial charge in [0.2, 0.25) is 5.91 Å². The number of nitrogens with zero attached hydrogens (tertiary/aromatic N) is 5. The molecule has 1 amide bonds. The molecule has 1 N–H and O–H groups in total. The molecule has 0 unspecified atom stereocenters. The minimum absolute atomic E-state index is 0.0304. The van der Waals surface area contributed by atoms with Crippen molar-refractivity contribution in [1.82, 2.24) is 25.3 Å². The summed E-state index contributed by atoms with van der Waals surface area (Å²) in [6.45, 7) is 6.64. The lowest BCUT2D eigenvalue weighted by atomic mass is 10.1. The second kappa shape index (κ2) is 9.11. The molecule has 1 aliphatic rings. The number of hydrogen-bond acceptors (Lipinski definition) is 6. The Kier molecular flexibility index (Phi) is 6.11. The molecule has 0 aromatic carbocycles. The minimum atomic E-state index is 0.0304. The van der Waals surface area contributed by atoms with Gasteiger partial charge in [0.15, 0.2) is 11.6 Å². The molecule has 3 aromatic rings. The van der Waals surface area contributed by atoms with Crippen LogP contribution in [-0.4, -0.2) is 45.5 Å². The molecule has 1 aliphatic heterocycles. The quantitative estimate of drug-likeness (QED) is 0.617. The highest BCUT2D eigenvalue weighted by Crippen LogP contribution is 2.21. The molecule has 30 heavy (non-hydrogen) atoms. The number of furan rings is 1. The maximum Gasteiger partial charge on any atom is 0.220 e. The van der Waals surface area contributed by atoms with E-state index in [9.17, 15) is 4.79 Å². The lowest BCUT2D eigenvalue weighted by molar-refractivity contribution is -0.121. The van der Waals surface area contributed by atoms with Gasteiger partial charge in [-0.15, -0.1) is 10.2 Å². The summed E-state index contributed by atoms with van der Waals surface area (Å²) >= 11 is 0. The van der Waals surface area contributed by atoms with Crippen molar-refractivity contribution in [2.75, 3.05) is 24.5 Å². The fourth-order valence-corrected chi connectivity index (χ4v) is 3.91. The number of aromatic nitrogens is 4. The fraction of sp³-hybridized carbons (Fsp3) is 0.455. The molecule has 158 valence electrons. The van der Waals surface area contributed by atoms with E-state index in [0.717, 1.165) is 41.6 Å². The smallest absolute Gasteiger partial charge is 0.220 e. The van der Waals surface area contributed by atoms with E-state index in [1.807, 2.05) is 42.8 Å². The van der Waals surface area contributed by atoms with E-state index in [1.54, 1.807) is 6.26 Å². The van der Waals surface area contributed by atoms with Crippen LogP contribution >= 0.6 is 0 Å². The Morgan fingerprint density at radius 2 is 1.87 bits per heavy atom. The molecular weight excluding hydrogens is 380 g/mol. The highest BCUT2D eigenvalue weighted by Gasteiger charge is 2.17. The van der Waals surface area contributed by atoms with Crippen LogP contribution in [0.15, 0.2) is 34.9 Å². The Balaban J connectivity index is 1.35. The lowest BCUT2D eigenvalue weighted by Crippen LogP contribution is -2.25. The van der Waals surface area contributed by atoms with Gasteiger partial charge in [0, 0.05) is 38.2 Å². The number of carbonyl (C=O) groups excluding carboxylic acids is 1. The topological polar surface area (TPSA) is 89.1 Å². The largest absolute Gasteiger partial charge is 0.469 e. The van der Waals surface area contributed by atoms with Crippen LogP contribution in [0.1, 0.15) is 42.0 Å². The standard InChI is InChI=1S/C22H28N6O2/c1-16-19(7-10-22(29)23-12-11-18-6-5-15-30-18)17(2)28(26-16)21-9-8-20(24-25-21)27-13-3-4-14-27/h5-6,8-9,15H,3-4,7,10-14H2,1-2H3,(H,23,29). The maximum atomic E-state index is 12.2. The van der Waals surface area contributed by atoms with Crippen LogP contribution in [0, 0.1) is 13.8 Å². The van der Waals surface area contributed by atoms with Crippen molar-refractivity contribution >= 4 is 11.7 Å². The second-order valence-electron chi connectivity index (χ2n) is 7.68. The average molecular weight is 409 g/mol. The number of hydrogen-bond donors (Lipinski definition) is 1. The Bertz CT molecular complexity index is 972. The van der Waals surface area contributed by atoms with E-state index in [0.29, 0.717) is 31.6 Å². The van der Waals surface area contributed by atoms with Crippen LogP contribution in [0.2, 0.25) is 0 Å². The van der Waals surface area contributed by atoms with Crippen LogP contribution in [0.3, 0.4) is 0 Å². The monoisotopic (exact) mass is 408 g/mol. The molecule has 8 nitrogen and oxygen atoms in total. The van der Waals surface area contributed by atoms with E-state index in [1.165, 1.54) is 12.8 Å². The van der Waals surface area contributed by atoms with Crippen molar-refractivity contribution in [3.8, 4) is 5.82 Å². The van der Waals surface area contributed by atoms with Gasteiger partial charge < -0.3 is 14.6 Å². The third kappa shape index (κ3) is 4.53. The molecule has 0 bridgehead atoms. The first kappa shape index (κ1) is 20.1. The van der Waals surface area contributed by atoms with E-state index in [2.05, 4.69) is 25.5 Å².